The molecule has 2 rings (SSSR count). The van der Waals surface area contributed by atoms with Crippen LogP contribution in [0.2, 0.25) is 0 Å². The predicted octanol–water partition coefficient (Wildman–Crippen LogP) is 2.54. The molecule has 0 radical (unpaired) electrons. The minimum Gasteiger partial charge on any atom is -0.508 e. The Morgan fingerprint density at radius 2 is 2.24 bits per heavy atom. The Labute approximate surface area is 128 Å². The van der Waals surface area contributed by atoms with Gasteiger partial charge in [-0.3, -0.25) is 4.90 Å². The second-order valence-corrected chi connectivity index (χ2v) is 5.76. The molecular weight excluding hydrogens is 264 g/mol. The predicted molar refractivity (Wildman–Crippen MR) is 85.6 cm³/mol. The van der Waals surface area contributed by atoms with Crippen molar-refractivity contribution in [3.05, 3.63) is 29.8 Å². The molecule has 0 bridgehead atoms. The van der Waals surface area contributed by atoms with Gasteiger partial charge >= 0.3 is 0 Å². The van der Waals surface area contributed by atoms with Crippen LogP contribution in [0.5, 0.6) is 5.75 Å². The Kier molecular flexibility index (Phi) is 6.49. The van der Waals surface area contributed by atoms with Crippen molar-refractivity contribution < 1.29 is 9.84 Å². The fourth-order valence-electron chi connectivity index (χ4n) is 3.22. The van der Waals surface area contributed by atoms with Crippen molar-refractivity contribution in [1.82, 2.24) is 10.2 Å². The topological polar surface area (TPSA) is 44.7 Å². The van der Waals surface area contributed by atoms with E-state index in [1.807, 2.05) is 18.2 Å². The van der Waals surface area contributed by atoms with Crippen LogP contribution in [0.15, 0.2) is 24.3 Å². The van der Waals surface area contributed by atoms with Crippen LogP contribution in [0.25, 0.3) is 0 Å². The fourth-order valence-corrected chi connectivity index (χ4v) is 3.22. The van der Waals surface area contributed by atoms with E-state index in [0.717, 1.165) is 38.2 Å². The summed E-state index contributed by atoms with van der Waals surface area (Å²) in [6, 6.07) is 8.49. The van der Waals surface area contributed by atoms with Gasteiger partial charge in [-0.2, -0.15) is 0 Å². The van der Waals surface area contributed by atoms with Crippen molar-refractivity contribution >= 4 is 0 Å². The first kappa shape index (κ1) is 16.3. The first-order chi connectivity index (χ1) is 10.3. The molecule has 0 amide bonds. The lowest BCUT2D eigenvalue weighted by atomic mass is 10.0. The lowest BCUT2D eigenvalue weighted by Gasteiger charge is -2.33. The summed E-state index contributed by atoms with van der Waals surface area (Å²) in [5.41, 5.74) is 1.02. The van der Waals surface area contributed by atoms with Crippen molar-refractivity contribution in [3.63, 3.8) is 0 Å². The molecule has 1 aliphatic heterocycles. The van der Waals surface area contributed by atoms with Gasteiger partial charge in [-0.25, -0.2) is 0 Å². The van der Waals surface area contributed by atoms with E-state index in [1.54, 1.807) is 13.2 Å². The molecule has 1 heterocycles. The van der Waals surface area contributed by atoms with Gasteiger partial charge in [0, 0.05) is 37.8 Å². The normalized spacial score (nSPS) is 20.0. The Morgan fingerprint density at radius 1 is 1.43 bits per heavy atom. The van der Waals surface area contributed by atoms with E-state index >= 15 is 0 Å². The molecule has 1 saturated heterocycles. The largest absolute Gasteiger partial charge is 0.508 e. The number of para-hydroxylation sites is 1. The van der Waals surface area contributed by atoms with Crippen LogP contribution in [0.1, 0.15) is 37.8 Å². The number of hydrogen-bond acceptors (Lipinski definition) is 4. The summed E-state index contributed by atoms with van der Waals surface area (Å²) in [7, 11) is 1.74. The van der Waals surface area contributed by atoms with Gasteiger partial charge in [0.2, 0.25) is 0 Å². The average molecular weight is 292 g/mol. The first-order valence-electron chi connectivity index (χ1n) is 8.00. The molecule has 1 aromatic carbocycles. The third-order valence-corrected chi connectivity index (χ3v) is 4.32. The molecule has 0 aliphatic carbocycles. The zero-order valence-corrected chi connectivity index (χ0v) is 13.2. The summed E-state index contributed by atoms with van der Waals surface area (Å²) in [6.07, 6.45) is 3.48. The van der Waals surface area contributed by atoms with Crippen LogP contribution in [0.4, 0.5) is 0 Å². The summed E-state index contributed by atoms with van der Waals surface area (Å²) in [6.45, 7) is 5.92. The number of hydrogen-bond donors (Lipinski definition) is 2. The highest BCUT2D eigenvalue weighted by atomic mass is 16.5. The van der Waals surface area contributed by atoms with Crippen LogP contribution in [-0.2, 0) is 4.74 Å². The summed E-state index contributed by atoms with van der Waals surface area (Å²) in [5, 5.41) is 13.7. The highest BCUT2D eigenvalue weighted by Gasteiger charge is 2.25. The SMILES string of the molecule is CCC(c1ccccc1O)N(CCOC)CC1CCCN1. The summed E-state index contributed by atoms with van der Waals surface area (Å²) >= 11 is 0. The van der Waals surface area contributed by atoms with Gasteiger partial charge in [-0.1, -0.05) is 25.1 Å². The number of rotatable bonds is 8. The van der Waals surface area contributed by atoms with E-state index in [-0.39, 0.29) is 6.04 Å². The van der Waals surface area contributed by atoms with Gasteiger partial charge in [0.15, 0.2) is 0 Å². The number of aromatic hydroxyl groups is 1. The van der Waals surface area contributed by atoms with Crippen LogP contribution < -0.4 is 5.32 Å². The Bertz CT molecular complexity index is 419. The second-order valence-electron chi connectivity index (χ2n) is 5.76. The van der Waals surface area contributed by atoms with Gasteiger partial charge < -0.3 is 15.2 Å². The Balaban J connectivity index is 2.13. The Hall–Kier alpha value is -1.10. The van der Waals surface area contributed by atoms with E-state index in [4.69, 9.17) is 4.74 Å². The molecular formula is C17H28N2O2. The summed E-state index contributed by atoms with van der Waals surface area (Å²) in [4.78, 5) is 2.45. The van der Waals surface area contributed by atoms with Crippen LogP contribution in [0, 0.1) is 0 Å². The van der Waals surface area contributed by atoms with Crippen molar-refractivity contribution in [3.8, 4) is 5.75 Å². The minimum absolute atomic E-state index is 0.240. The van der Waals surface area contributed by atoms with Crippen molar-refractivity contribution in [2.24, 2.45) is 0 Å². The lowest BCUT2D eigenvalue weighted by Crippen LogP contribution is -2.41. The van der Waals surface area contributed by atoms with E-state index in [0.29, 0.717) is 11.8 Å². The van der Waals surface area contributed by atoms with Crippen molar-refractivity contribution in [2.75, 3.05) is 33.4 Å². The number of phenols is 1. The summed E-state index contributed by atoms with van der Waals surface area (Å²) in [5.74, 6) is 0.395. The fraction of sp³-hybridized carbons (Fsp3) is 0.647. The quantitative estimate of drug-likeness (QED) is 0.773. The molecule has 0 aromatic heterocycles. The zero-order chi connectivity index (χ0) is 15.1. The number of methoxy groups -OCH3 is 1. The smallest absolute Gasteiger partial charge is 0.120 e. The number of ether oxygens (including phenoxy) is 1. The first-order valence-corrected chi connectivity index (χ1v) is 8.00. The maximum absolute atomic E-state index is 10.2. The molecule has 2 unspecified atom stereocenters. The third-order valence-electron chi connectivity index (χ3n) is 4.32. The van der Waals surface area contributed by atoms with Gasteiger partial charge in [0.25, 0.3) is 0 Å². The van der Waals surface area contributed by atoms with Gasteiger partial charge in [-0.05, 0) is 31.9 Å². The van der Waals surface area contributed by atoms with Crippen LogP contribution >= 0.6 is 0 Å². The zero-order valence-electron chi connectivity index (χ0n) is 13.2. The van der Waals surface area contributed by atoms with Crippen molar-refractivity contribution in [1.29, 1.82) is 0 Å². The number of benzene rings is 1. The number of nitrogens with one attached hydrogen (secondary N) is 1. The third kappa shape index (κ3) is 4.43. The van der Waals surface area contributed by atoms with E-state index < -0.39 is 0 Å². The highest BCUT2D eigenvalue weighted by Crippen LogP contribution is 2.31. The lowest BCUT2D eigenvalue weighted by molar-refractivity contribution is 0.109. The molecule has 1 aliphatic rings. The highest BCUT2D eigenvalue weighted by molar-refractivity contribution is 5.34. The molecule has 2 N–H and O–H groups in total. The summed E-state index contributed by atoms with van der Waals surface area (Å²) < 4.78 is 5.27. The van der Waals surface area contributed by atoms with Crippen LogP contribution in [-0.4, -0.2) is 49.4 Å². The number of nitrogens with zero attached hydrogens (tertiary/aromatic N) is 1. The maximum Gasteiger partial charge on any atom is 0.120 e. The van der Waals surface area contributed by atoms with Crippen LogP contribution in [0.3, 0.4) is 0 Å². The molecule has 118 valence electrons. The van der Waals surface area contributed by atoms with E-state index in [2.05, 4.69) is 17.1 Å². The molecule has 4 nitrogen and oxygen atoms in total. The molecule has 2 atom stereocenters. The van der Waals surface area contributed by atoms with Crippen molar-refractivity contribution in [2.45, 2.75) is 38.3 Å². The molecule has 1 aromatic rings. The monoisotopic (exact) mass is 292 g/mol. The molecule has 1 fully saturated rings. The molecule has 0 spiro atoms. The second kappa shape index (κ2) is 8.37. The number of phenolic OH excluding ortho intramolecular Hbond substituents is 1. The Morgan fingerprint density at radius 3 is 2.86 bits per heavy atom. The maximum atomic E-state index is 10.2. The molecule has 4 heteroatoms. The average Bonchev–Trinajstić information content (AvgIpc) is 3.00. The minimum atomic E-state index is 0.240. The molecule has 0 saturated carbocycles. The van der Waals surface area contributed by atoms with Gasteiger partial charge in [0.1, 0.15) is 5.75 Å². The van der Waals surface area contributed by atoms with E-state index in [9.17, 15) is 5.11 Å². The van der Waals surface area contributed by atoms with Gasteiger partial charge in [0.05, 0.1) is 6.61 Å². The standard InChI is InChI=1S/C17H28N2O2/c1-3-16(15-8-4-5-9-17(15)20)19(11-12-21-2)13-14-7-6-10-18-14/h4-5,8-9,14,16,18,20H,3,6-7,10-13H2,1-2H3. The van der Waals surface area contributed by atoms with E-state index in [1.165, 1.54) is 12.8 Å². The molecule has 21 heavy (non-hydrogen) atoms. The van der Waals surface area contributed by atoms with Gasteiger partial charge in [-0.15, -0.1) is 0 Å².